The third kappa shape index (κ3) is 2.27. The van der Waals surface area contributed by atoms with E-state index in [0.717, 1.165) is 0 Å². The van der Waals surface area contributed by atoms with Crippen molar-refractivity contribution >= 4 is 11.5 Å². The molecule has 17 heavy (non-hydrogen) atoms. The van der Waals surface area contributed by atoms with E-state index in [4.69, 9.17) is 19.9 Å². The van der Waals surface area contributed by atoms with Crippen molar-refractivity contribution in [2.24, 2.45) is 0 Å². The Bertz CT molecular complexity index is 429. The van der Waals surface area contributed by atoms with E-state index in [0.29, 0.717) is 34.9 Å². The Balaban J connectivity index is 3.54. The van der Waals surface area contributed by atoms with Gasteiger partial charge in [-0.1, -0.05) is 6.92 Å². The van der Waals surface area contributed by atoms with Gasteiger partial charge in [-0.05, 0) is 0 Å². The first kappa shape index (κ1) is 13.2. The Morgan fingerprint density at radius 2 is 1.76 bits per heavy atom. The van der Waals surface area contributed by atoms with Gasteiger partial charge in [0.15, 0.2) is 17.3 Å². The zero-order valence-corrected chi connectivity index (χ0v) is 10.5. The number of hydrogen-bond acceptors (Lipinski definition) is 5. The lowest BCUT2D eigenvalue weighted by molar-refractivity contribution is 0.0985. The second-order valence-corrected chi connectivity index (χ2v) is 3.39. The van der Waals surface area contributed by atoms with Gasteiger partial charge in [0.1, 0.15) is 0 Å². The summed E-state index contributed by atoms with van der Waals surface area (Å²) < 4.78 is 15.5. The number of methoxy groups -OCH3 is 3. The van der Waals surface area contributed by atoms with Crippen LogP contribution in [0.25, 0.3) is 0 Å². The van der Waals surface area contributed by atoms with Crippen LogP contribution in [0.5, 0.6) is 17.2 Å². The number of ether oxygens (including phenoxy) is 3. The number of Topliss-reactive ketones (excluding diaryl/α,β-unsaturated/α-hetero) is 1. The van der Waals surface area contributed by atoms with Crippen LogP contribution in [0.4, 0.5) is 5.69 Å². The summed E-state index contributed by atoms with van der Waals surface area (Å²) in [6, 6.07) is 1.56. The van der Waals surface area contributed by atoms with Crippen LogP contribution in [0.15, 0.2) is 6.07 Å². The fourth-order valence-electron chi connectivity index (χ4n) is 1.64. The number of benzene rings is 1. The van der Waals surface area contributed by atoms with Crippen LogP contribution in [-0.4, -0.2) is 27.1 Å². The van der Waals surface area contributed by atoms with Crippen LogP contribution < -0.4 is 19.9 Å². The van der Waals surface area contributed by atoms with Gasteiger partial charge in [-0.2, -0.15) is 0 Å². The van der Waals surface area contributed by atoms with Crippen molar-refractivity contribution in [3.63, 3.8) is 0 Å². The quantitative estimate of drug-likeness (QED) is 0.627. The summed E-state index contributed by atoms with van der Waals surface area (Å²) in [5.41, 5.74) is 6.50. The highest BCUT2D eigenvalue weighted by atomic mass is 16.5. The van der Waals surface area contributed by atoms with E-state index in [1.807, 2.05) is 0 Å². The van der Waals surface area contributed by atoms with E-state index >= 15 is 0 Å². The largest absolute Gasteiger partial charge is 0.493 e. The van der Waals surface area contributed by atoms with Crippen LogP contribution in [0.3, 0.4) is 0 Å². The van der Waals surface area contributed by atoms with Gasteiger partial charge in [-0.25, -0.2) is 0 Å². The molecule has 0 heterocycles. The van der Waals surface area contributed by atoms with Gasteiger partial charge in [0.05, 0.1) is 32.6 Å². The molecule has 2 N–H and O–H groups in total. The molecule has 0 fully saturated rings. The number of hydrogen-bond donors (Lipinski definition) is 1. The maximum Gasteiger partial charge on any atom is 0.204 e. The number of carbonyl (C=O) groups is 1. The molecule has 1 rings (SSSR count). The number of carbonyl (C=O) groups excluding carboxylic acids is 1. The molecule has 94 valence electrons. The number of rotatable bonds is 5. The summed E-state index contributed by atoms with van der Waals surface area (Å²) in [6.45, 7) is 1.76. The number of nitrogen functional groups attached to an aromatic ring is 1. The van der Waals surface area contributed by atoms with Crippen LogP contribution in [-0.2, 0) is 0 Å². The molecule has 0 spiro atoms. The molecule has 5 heteroatoms. The van der Waals surface area contributed by atoms with Crippen LogP contribution in [0.1, 0.15) is 23.7 Å². The van der Waals surface area contributed by atoms with Crippen molar-refractivity contribution < 1.29 is 19.0 Å². The highest BCUT2D eigenvalue weighted by Gasteiger charge is 2.23. The first-order valence-corrected chi connectivity index (χ1v) is 5.22. The lowest BCUT2D eigenvalue weighted by Gasteiger charge is -2.16. The summed E-state index contributed by atoms with van der Waals surface area (Å²) in [7, 11) is 4.44. The summed E-state index contributed by atoms with van der Waals surface area (Å²) in [5, 5.41) is 0. The van der Waals surface area contributed by atoms with Gasteiger partial charge in [-0.15, -0.1) is 0 Å². The monoisotopic (exact) mass is 239 g/mol. The fraction of sp³-hybridized carbons (Fsp3) is 0.417. The lowest BCUT2D eigenvalue weighted by Crippen LogP contribution is -2.08. The van der Waals surface area contributed by atoms with Crippen molar-refractivity contribution in [1.82, 2.24) is 0 Å². The van der Waals surface area contributed by atoms with Crippen LogP contribution in [0, 0.1) is 0 Å². The minimum Gasteiger partial charge on any atom is -0.493 e. The Labute approximate surface area is 100 Å². The summed E-state index contributed by atoms with van der Waals surface area (Å²) >= 11 is 0. The standard InChI is InChI=1S/C12H17NO4/c1-5-8(14)10-7(13)6-9(15-2)11(16-3)12(10)17-4/h6H,5,13H2,1-4H3. The predicted molar refractivity (Wildman–Crippen MR) is 65.1 cm³/mol. The maximum absolute atomic E-state index is 11.8. The first-order valence-electron chi connectivity index (χ1n) is 5.22. The molecule has 0 bridgehead atoms. The van der Waals surface area contributed by atoms with Crippen molar-refractivity contribution in [2.45, 2.75) is 13.3 Å². The minimum absolute atomic E-state index is 0.0969. The van der Waals surface area contributed by atoms with Crippen molar-refractivity contribution in [3.8, 4) is 17.2 Å². The molecule has 0 amide bonds. The van der Waals surface area contributed by atoms with Gasteiger partial charge in [0.25, 0.3) is 0 Å². The highest BCUT2D eigenvalue weighted by molar-refractivity contribution is 6.04. The average molecular weight is 239 g/mol. The third-order valence-corrected chi connectivity index (χ3v) is 2.46. The molecule has 0 aliphatic rings. The molecular formula is C12H17NO4. The van der Waals surface area contributed by atoms with E-state index in [9.17, 15) is 4.79 Å². The Morgan fingerprint density at radius 3 is 2.18 bits per heavy atom. The molecule has 0 unspecified atom stereocenters. The van der Waals surface area contributed by atoms with Crippen LogP contribution in [0.2, 0.25) is 0 Å². The normalized spacial score (nSPS) is 9.88. The molecule has 0 aromatic heterocycles. The van der Waals surface area contributed by atoms with Crippen LogP contribution >= 0.6 is 0 Å². The zero-order valence-electron chi connectivity index (χ0n) is 10.5. The van der Waals surface area contributed by atoms with Gasteiger partial charge in [-0.3, -0.25) is 4.79 Å². The molecule has 0 aliphatic carbocycles. The molecule has 5 nitrogen and oxygen atoms in total. The van der Waals surface area contributed by atoms with Gasteiger partial charge in [0, 0.05) is 12.5 Å². The summed E-state index contributed by atoms with van der Waals surface area (Å²) in [6.07, 6.45) is 0.343. The second-order valence-electron chi connectivity index (χ2n) is 3.39. The second kappa shape index (κ2) is 5.43. The van der Waals surface area contributed by atoms with Crippen molar-refractivity contribution in [1.29, 1.82) is 0 Å². The van der Waals surface area contributed by atoms with E-state index in [-0.39, 0.29) is 5.78 Å². The minimum atomic E-state index is -0.0969. The van der Waals surface area contributed by atoms with Gasteiger partial charge in [0.2, 0.25) is 5.75 Å². The number of anilines is 1. The summed E-state index contributed by atoms with van der Waals surface area (Å²) in [5.74, 6) is 1.03. The fourth-order valence-corrected chi connectivity index (χ4v) is 1.64. The molecule has 0 saturated carbocycles. The summed E-state index contributed by atoms with van der Waals surface area (Å²) in [4.78, 5) is 11.8. The zero-order chi connectivity index (χ0) is 13.0. The van der Waals surface area contributed by atoms with E-state index < -0.39 is 0 Å². The Kier molecular flexibility index (Phi) is 4.20. The molecule has 0 atom stereocenters. The molecule has 0 saturated heterocycles. The molecule has 1 aromatic rings. The van der Waals surface area contributed by atoms with E-state index in [1.165, 1.54) is 21.3 Å². The van der Waals surface area contributed by atoms with Gasteiger partial charge < -0.3 is 19.9 Å². The van der Waals surface area contributed by atoms with Gasteiger partial charge >= 0.3 is 0 Å². The maximum atomic E-state index is 11.8. The van der Waals surface area contributed by atoms with E-state index in [2.05, 4.69) is 0 Å². The number of nitrogens with two attached hydrogens (primary N) is 1. The molecule has 0 radical (unpaired) electrons. The lowest BCUT2D eigenvalue weighted by atomic mass is 10.0. The first-order chi connectivity index (χ1) is 8.10. The Hall–Kier alpha value is -1.91. The molecule has 1 aromatic carbocycles. The number of ketones is 1. The SMILES string of the molecule is CCC(=O)c1c(N)cc(OC)c(OC)c1OC. The average Bonchev–Trinajstić information content (AvgIpc) is 2.36. The third-order valence-electron chi connectivity index (χ3n) is 2.46. The smallest absolute Gasteiger partial charge is 0.204 e. The van der Waals surface area contributed by atoms with Crippen molar-refractivity contribution in [2.75, 3.05) is 27.1 Å². The predicted octanol–water partition coefficient (Wildman–Crippen LogP) is 1.89. The van der Waals surface area contributed by atoms with Crippen molar-refractivity contribution in [3.05, 3.63) is 11.6 Å². The molecular weight excluding hydrogens is 222 g/mol. The molecule has 0 aliphatic heterocycles. The van der Waals surface area contributed by atoms with E-state index in [1.54, 1.807) is 13.0 Å². The highest BCUT2D eigenvalue weighted by Crippen LogP contribution is 2.43. The topological polar surface area (TPSA) is 70.8 Å². The Morgan fingerprint density at radius 1 is 1.18 bits per heavy atom.